The molecule has 5 heteroatoms. The first-order valence-electron chi connectivity index (χ1n) is 3.61. The minimum atomic E-state index is -1.07. The van der Waals surface area contributed by atoms with E-state index in [0.717, 1.165) is 0 Å². The lowest BCUT2D eigenvalue weighted by molar-refractivity contribution is 0.0693. The number of aromatic carboxylic acids is 1. The maximum Gasteiger partial charge on any atom is 0.339 e. The molecule has 1 N–H and O–H groups in total. The van der Waals surface area contributed by atoms with E-state index < -0.39 is 5.97 Å². The normalized spacial score (nSPS) is 9.21. The second-order valence-corrected chi connectivity index (χ2v) is 3.61. The molecular weight excluding hydrogens is 297 g/mol. The van der Waals surface area contributed by atoms with Crippen molar-refractivity contribution >= 4 is 28.6 Å². The first-order chi connectivity index (χ1) is 6.60. The van der Waals surface area contributed by atoms with E-state index in [4.69, 9.17) is 15.1 Å². The quantitative estimate of drug-likeness (QED) is 0.847. The smallest absolute Gasteiger partial charge is 0.339 e. The lowest BCUT2D eigenvalue weighted by Gasteiger charge is -2.05. The second-order valence-electron chi connectivity index (χ2n) is 2.45. The van der Waals surface area contributed by atoms with Gasteiger partial charge in [-0.05, 0) is 34.7 Å². The van der Waals surface area contributed by atoms with Crippen molar-refractivity contribution in [1.82, 2.24) is 0 Å². The molecular formula is C9H6INO3. The molecule has 0 saturated carbocycles. The molecule has 0 aliphatic rings. The monoisotopic (exact) mass is 303 g/mol. The van der Waals surface area contributed by atoms with Crippen LogP contribution < -0.4 is 4.74 Å². The van der Waals surface area contributed by atoms with Crippen LogP contribution in [0, 0.1) is 14.9 Å². The zero-order valence-electron chi connectivity index (χ0n) is 7.24. The lowest BCUT2D eigenvalue weighted by Crippen LogP contribution is -2.02. The van der Waals surface area contributed by atoms with Crippen LogP contribution in [-0.4, -0.2) is 18.2 Å². The van der Waals surface area contributed by atoms with Gasteiger partial charge in [-0.15, -0.1) is 0 Å². The summed E-state index contributed by atoms with van der Waals surface area (Å²) in [5, 5.41) is 17.5. The maximum atomic E-state index is 10.8. The SMILES string of the molecule is COc1cc(C#N)c(I)cc1C(=O)O. The number of nitriles is 1. The summed E-state index contributed by atoms with van der Waals surface area (Å²) < 4.78 is 5.47. The van der Waals surface area contributed by atoms with E-state index in [2.05, 4.69) is 0 Å². The highest BCUT2D eigenvalue weighted by atomic mass is 127. The highest BCUT2D eigenvalue weighted by molar-refractivity contribution is 14.1. The van der Waals surface area contributed by atoms with Gasteiger partial charge in [0.15, 0.2) is 0 Å². The summed E-state index contributed by atoms with van der Waals surface area (Å²) in [6.07, 6.45) is 0. The van der Waals surface area contributed by atoms with E-state index in [1.807, 2.05) is 28.7 Å². The molecule has 4 nitrogen and oxygen atoms in total. The van der Waals surface area contributed by atoms with Crippen LogP contribution in [0.25, 0.3) is 0 Å². The largest absolute Gasteiger partial charge is 0.496 e. The average molecular weight is 303 g/mol. The Morgan fingerprint density at radius 3 is 2.71 bits per heavy atom. The van der Waals surface area contributed by atoms with Gasteiger partial charge in [0.05, 0.1) is 12.7 Å². The Labute approximate surface area is 94.2 Å². The van der Waals surface area contributed by atoms with Crippen molar-refractivity contribution in [2.24, 2.45) is 0 Å². The molecule has 0 saturated heterocycles. The topological polar surface area (TPSA) is 70.3 Å². The summed E-state index contributed by atoms with van der Waals surface area (Å²) in [5.41, 5.74) is 0.475. The first-order valence-corrected chi connectivity index (χ1v) is 4.69. The number of carbonyl (C=O) groups is 1. The fourth-order valence-corrected chi connectivity index (χ4v) is 1.56. The molecule has 1 aromatic carbocycles. The van der Waals surface area contributed by atoms with Gasteiger partial charge < -0.3 is 9.84 Å². The third-order valence-electron chi connectivity index (χ3n) is 1.64. The fourth-order valence-electron chi connectivity index (χ4n) is 0.975. The van der Waals surface area contributed by atoms with Gasteiger partial charge in [0.1, 0.15) is 17.4 Å². The number of rotatable bonds is 2. The van der Waals surface area contributed by atoms with Crippen LogP contribution in [0.3, 0.4) is 0 Å². The number of carboxylic acid groups (broad SMARTS) is 1. The van der Waals surface area contributed by atoms with Crippen LogP contribution in [0.15, 0.2) is 12.1 Å². The number of carboxylic acids is 1. The van der Waals surface area contributed by atoms with Crippen LogP contribution in [0.4, 0.5) is 0 Å². The Morgan fingerprint density at radius 1 is 1.64 bits per heavy atom. The predicted octanol–water partition coefficient (Wildman–Crippen LogP) is 1.87. The molecule has 0 fully saturated rings. The Kier molecular flexibility index (Phi) is 3.30. The molecule has 0 atom stereocenters. The molecule has 0 radical (unpaired) electrons. The fraction of sp³-hybridized carbons (Fsp3) is 0.111. The zero-order valence-corrected chi connectivity index (χ0v) is 9.40. The van der Waals surface area contributed by atoms with Gasteiger partial charge in [-0.3, -0.25) is 0 Å². The third kappa shape index (κ3) is 1.96. The van der Waals surface area contributed by atoms with E-state index in [9.17, 15) is 4.79 Å². The number of methoxy groups -OCH3 is 1. The first kappa shape index (κ1) is 10.8. The molecule has 0 aliphatic carbocycles. The molecule has 72 valence electrons. The molecule has 0 bridgehead atoms. The van der Waals surface area contributed by atoms with E-state index in [1.54, 1.807) is 0 Å². The maximum absolute atomic E-state index is 10.8. The summed E-state index contributed by atoms with van der Waals surface area (Å²) >= 11 is 1.91. The highest BCUT2D eigenvalue weighted by Gasteiger charge is 2.14. The van der Waals surface area contributed by atoms with Gasteiger partial charge in [0, 0.05) is 3.57 Å². The van der Waals surface area contributed by atoms with Crippen molar-refractivity contribution < 1.29 is 14.6 Å². The van der Waals surface area contributed by atoms with Gasteiger partial charge in [-0.2, -0.15) is 5.26 Å². The molecule has 14 heavy (non-hydrogen) atoms. The zero-order chi connectivity index (χ0) is 10.7. The number of hydrogen-bond acceptors (Lipinski definition) is 3. The average Bonchev–Trinajstić information content (AvgIpc) is 2.17. The van der Waals surface area contributed by atoms with E-state index in [-0.39, 0.29) is 11.3 Å². The Hall–Kier alpha value is -1.29. The van der Waals surface area contributed by atoms with Gasteiger partial charge in [-0.25, -0.2) is 4.79 Å². The van der Waals surface area contributed by atoms with Crippen molar-refractivity contribution in [2.75, 3.05) is 7.11 Å². The minimum absolute atomic E-state index is 0.0656. The Morgan fingerprint density at radius 2 is 2.29 bits per heavy atom. The Balaban J connectivity index is 3.41. The third-order valence-corrected chi connectivity index (χ3v) is 2.53. The summed E-state index contributed by atoms with van der Waals surface area (Å²) in [7, 11) is 1.37. The van der Waals surface area contributed by atoms with Gasteiger partial charge in [-0.1, -0.05) is 0 Å². The number of hydrogen-bond donors (Lipinski definition) is 1. The summed E-state index contributed by atoms with van der Waals surface area (Å²) in [6, 6.07) is 4.79. The van der Waals surface area contributed by atoms with Crippen LogP contribution in [-0.2, 0) is 0 Å². The van der Waals surface area contributed by atoms with Gasteiger partial charge >= 0.3 is 5.97 Å². The summed E-state index contributed by atoms with van der Waals surface area (Å²) in [6.45, 7) is 0. The molecule has 0 unspecified atom stereocenters. The van der Waals surface area contributed by atoms with Crippen molar-refractivity contribution in [3.05, 3.63) is 26.8 Å². The molecule has 0 aliphatic heterocycles. The molecule has 1 rings (SSSR count). The standard InChI is InChI=1S/C9H6INO3/c1-14-8-2-5(4-11)7(10)3-6(8)9(12)13/h2-3H,1H3,(H,12,13). The van der Waals surface area contributed by atoms with Crippen molar-refractivity contribution in [3.8, 4) is 11.8 Å². The summed E-state index contributed by atoms with van der Waals surface area (Å²) in [5.74, 6) is -0.862. The predicted molar refractivity (Wildman–Crippen MR) is 57.4 cm³/mol. The van der Waals surface area contributed by atoms with E-state index >= 15 is 0 Å². The summed E-state index contributed by atoms with van der Waals surface area (Å²) in [4.78, 5) is 10.8. The lowest BCUT2D eigenvalue weighted by atomic mass is 10.1. The van der Waals surface area contributed by atoms with Crippen molar-refractivity contribution in [3.63, 3.8) is 0 Å². The number of halogens is 1. The minimum Gasteiger partial charge on any atom is -0.496 e. The van der Waals surface area contributed by atoms with Crippen LogP contribution in [0.1, 0.15) is 15.9 Å². The Bertz CT molecular complexity index is 423. The van der Waals surface area contributed by atoms with Crippen LogP contribution >= 0.6 is 22.6 Å². The highest BCUT2D eigenvalue weighted by Crippen LogP contribution is 2.24. The van der Waals surface area contributed by atoms with Crippen molar-refractivity contribution in [2.45, 2.75) is 0 Å². The van der Waals surface area contributed by atoms with Gasteiger partial charge in [0.25, 0.3) is 0 Å². The molecule has 0 aromatic heterocycles. The molecule has 0 amide bonds. The van der Waals surface area contributed by atoms with E-state index in [0.29, 0.717) is 9.13 Å². The number of nitrogens with zero attached hydrogens (tertiary/aromatic N) is 1. The molecule has 0 heterocycles. The number of ether oxygens (including phenoxy) is 1. The molecule has 1 aromatic rings. The number of benzene rings is 1. The van der Waals surface area contributed by atoms with Crippen LogP contribution in [0.5, 0.6) is 5.75 Å². The second kappa shape index (κ2) is 4.28. The molecule has 0 spiro atoms. The van der Waals surface area contributed by atoms with Crippen molar-refractivity contribution in [1.29, 1.82) is 5.26 Å². The van der Waals surface area contributed by atoms with Crippen LogP contribution in [0.2, 0.25) is 0 Å². The van der Waals surface area contributed by atoms with E-state index in [1.165, 1.54) is 19.2 Å². The van der Waals surface area contributed by atoms with Gasteiger partial charge in [0.2, 0.25) is 0 Å².